The minimum Gasteiger partial charge on any atom is -1.00 e. The van der Waals surface area contributed by atoms with Crippen molar-refractivity contribution in [3.8, 4) is 0 Å². The van der Waals surface area contributed by atoms with Gasteiger partial charge in [0.15, 0.2) is 12.4 Å². The summed E-state index contributed by atoms with van der Waals surface area (Å²) in [7, 11) is 0. The largest absolute Gasteiger partial charge is 1.00 e. The molecule has 0 unspecified atom stereocenters. The van der Waals surface area contributed by atoms with Crippen LogP contribution in [-0.2, 0) is 13.1 Å². The van der Waals surface area contributed by atoms with Gasteiger partial charge in [0.1, 0.15) is 0 Å². The first-order chi connectivity index (χ1) is 4.47. The second kappa shape index (κ2) is 3.12. The molecule has 1 aliphatic heterocycles. The summed E-state index contributed by atoms with van der Waals surface area (Å²) in [5, 5.41) is 3.27. The molecule has 0 atom stereocenters. The SMILES string of the molecule is [Br-].c1cc2c(c[nH+]1)CNC2. The minimum atomic E-state index is 0. The second-order valence-corrected chi connectivity index (χ2v) is 2.30. The summed E-state index contributed by atoms with van der Waals surface area (Å²) in [6.45, 7) is 2.05. The van der Waals surface area contributed by atoms with E-state index in [0.717, 1.165) is 13.1 Å². The van der Waals surface area contributed by atoms with E-state index >= 15 is 0 Å². The maximum absolute atomic E-state index is 3.27. The summed E-state index contributed by atoms with van der Waals surface area (Å²) >= 11 is 0. The lowest BCUT2D eigenvalue weighted by molar-refractivity contribution is -0.378. The zero-order valence-electron chi connectivity index (χ0n) is 5.52. The van der Waals surface area contributed by atoms with E-state index in [2.05, 4.69) is 22.6 Å². The normalized spacial score (nSPS) is 14.0. The second-order valence-electron chi connectivity index (χ2n) is 2.30. The summed E-state index contributed by atoms with van der Waals surface area (Å²) in [5.41, 5.74) is 2.83. The third-order valence-electron chi connectivity index (χ3n) is 1.68. The van der Waals surface area contributed by atoms with Crippen LogP contribution < -0.4 is 27.3 Å². The fourth-order valence-corrected chi connectivity index (χ4v) is 1.17. The highest BCUT2D eigenvalue weighted by Crippen LogP contribution is 2.10. The lowest BCUT2D eigenvalue weighted by atomic mass is 10.2. The van der Waals surface area contributed by atoms with Crippen molar-refractivity contribution in [1.82, 2.24) is 5.32 Å². The zero-order chi connectivity index (χ0) is 6.10. The van der Waals surface area contributed by atoms with Gasteiger partial charge in [-0.2, -0.15) is 0 Å². The van der Waals surface area contributed by atoms with Crippen molar-refractivity contribution in [1.29, 1.82) is 0 Å². The van der Waals surface area contributed by atoms with Crippen LogP contribution in [0, 0.1) is 0 Å². The fraction of sp³-hybridized carbons (Fsp3) is 0.286. The fourth-order valence-electron chi connectivity index (χ4n) is 1.17. The van der Waals surface area contributed by atoms with Gasteiger partial charge in [-0.25, -0.2) is 4.98 Å². The van der Waals surface area contributed by atoms with E-state index in [1.165, 1.54) is 11.1 Å². The number of H-pyrrole nitrogens is 1. The number of hydrogen-bond donors (Lipinski definition) is 1. The summed E-state index contributed by atoms with van der Waals surface area (Å²) < 4.78 is 0. The Labute approximate surface area is 70.4 Å². The molecule has 0 aliphatic carbocycles. The molecular weight excluding hydrogens is 192 g/mol. The average molecular weight is 201 g/mol. The third kappa shape index (κ3) is 1.20. The van der Waals surface area contributed by atoms with E-state index < -0.39 is 0 Å². The predicted octanol–water partition coefficient (Wildman–Crippen LogP) is -2.89. The van der Waals surface area contributed by atoms with Crippen LogP contribution in [0.15, 0.2) is 18.5 Å². The summed E-state index contributed by atoms with van der Waals surface area (Å²) in [4.78, 5) is 3.05. The Bertz CT molecular complexity index is 202. The number of rotatable bonds is 0. The van der Waals surface area contributed by atoms with Gasteiger partial charge in [-0.05, 0) is 5.56 Å². The molecule has 10 heavy (non-hydrogen) atoms. The van der Waals surface area contributed by atoms with Crippen molar-refractivity contribution in [3.63, 3.8) is 0 Å². The molecule has 2 rings (SSSR count). The van der Waals surface area contributed by atoms with Gasteiger partial charge >= 0.3 is 0 Å². The number of hydrogen-bond acceptors (Lipinski definition) is 1. The number of pyridine rings is 1. The number of aromatic amines is 1. The summed E-state index contributed by atoms with van der Waals surface area (Å²) in [6, 6.07) is 2.12. The third-order valence-corrected chi connectivity index (χ3v) is 1.68. The van der Waals surface area contributed by atoms with Crippen LogP contribution in [0.4, 0.5) is 0 Å². The standard InChI is InChI=1S/C7H8N2.BrH/c1-2-8-4-7-5-9-3-6(1)7;/h1-2,4,9H,3,5H2;1H. The first kappa shape index (κ1) is 7.69. The Kier molecular flexibility index (Phi) is 2.40. The molecule has 0 fully saturated rings. The van der Waals surface area contributed by atoms with Crippen LogP contribution in [0.5, 0.6) is 0 Å². The molecule has 0 bridgehead atoms. The van der Waals surface area contributed by atoms with Gasteiger partial charge in [0.25, 0.3) is 0 Å². The van der Waals surface area contributed by atoms with Crippen LogP contribution in [0.25, 0.3) is 0 Å². The molecule has 2 nitrogen and oxygen atoms in total. The van der Waals surface area contributed by atoms with Gasteiger partial charge in [-0.3, -0.25) is 0 Å². The molecule has 0 amide bonds. The highest BCUT2D eigenvalue weighted by molar-refractivity contribution is 5.24. The Balaban J connectivity index is 0.000000500. The van der Waals surface area contributed by atoms with Crippen molar-refractivity contribution in [2.24, 2.45) is 0 Å². The van der Waals surface area contributed by atoms with Crippen molar-refractivity contribution in [2.75, 3.05) is 0 Å². The molecule has 2 heterocycles. The van der Waals surface area contributed by atoms with E-state index in [0.29, 0.717) is 0 Å². The molecule has 0 saturated heterocycles. The topological polar surface area (TPSA) is 26.2 Å². The van der Waals surface area contributed by atoms with Gasteiger partial charge in [0.05, 0.1) is 0 Å². The lowest BCUT2D eigenvalue weighted by Gasteiger charge is -1.86. The molecule has 0 spiro atoms. The first-order valence-corrected chi connectivity index (χ1v) is 3.15. The molecule has 1 aromatic rings. The van der Waals surface area contributed by atoms with E-state index in [4.69, 9.17) is 0 Å². The monoisotopic (exact) mass is 200 g/mol. The zero-order valence-corrected chi connectivity index (χ0v) is 7.11. The van der Waals surface area contributed by atoms with Crippen LogP contribution in [0.1, 0.15) is 11.1 Å². The van der Waals surface area contributed by atoms with E-state index in [9.17, 15) is 0 Å². The highest BCUT2D eigenvalue weighted by Gasteiger charge is 2.09. The number of nitrogens with one attached hydrogen (secondary N) is 2. The Morgan fingerprint density at radius 1 is 1.30 bits per heavy atom. The van der Waals surface area contributed by atoms with Crippen LogP contribution >= 0.6 is 0 Å². The minimum absolute atomic E-state index is 0. The summed E-state index contributed by atoms with van der Waals surface area (Å²) in [5.74, 6) is 0. The van der Waals surface area contributed by atoms with Gasteiger partial charge in [0.2, 0.25) is 0 Å². The Morgan fingerprint density at radius 3 is 2.90 bits per heavy atom. The first-order valence-electron chi connectivity index (χ1n) is 3.15. The quantitative estimate of drug-likeness (QED) is 0.479. The molecule has 0 aromatic carbocycles. The molecule has 54 valence electrons. The maximum Gasteiger partial charge on any atom is 0.171 e. The van der Waals surface area contributed by atoms with Crippen molar-refractivity contribution < 1.29 is 22.0 Å². The predicted molar refractivity (Wildman–Crippen MR) is 33.5 cm³/mol. The molecule has 2 N–H and O–H groups in total. The number of aromatic nitrogens is 1. The van der Waals surface area contributed by atoms with Crippen molar-refractivity contribution >= 4 is 0 Å². The van der Waals surface area contributed by atoms with Gasteiger partial charge in [-0.1, -0.05) is 0 Å². The van der Waals surface area contributed by atoms with E-state index in [1.54, 1.807) is 0 Å². The summed E-state index contributed by atoms with van der Waals surface area (Å²) in [6.07, 6.45) is 4.02. The lowest BCUT2D eigenvalue weighted by Crippen LogP contribution is -3.00. The number of halogens is 1. The maximum atomic E-state index is 3.27. The Morgan fingerprint density at radius 2 is 2.10 bits per heavy atom. The van der Waals surface area contributed by atoms with Crippen molar-refractivity contribution in [2.45, 2.75) is 13.1 Å². The molecule has 3 heteroatoms. The molecule has 1 aromatic heterocycles. The highest BCUT2D eigenvalue weighted by atomic mass is 79.9. The Hall–Kier alpha value is -0.410. The van der Waals surface area contributed by atoms with Gasteiger partial charge in [0, 0.05) is 24.7 Å². The molecule has 0 saturated carbocycles. The smallest absolute Gasteiger partial charge is 0.171 e. The van der Waals surface area contributed by atoms with E-state index in [1.807, 2.05) is 6.20 Å². The molecular formula is C7H9BrN2. The average Bonchev–Trinajstić information content (AvgIpc) is 2.33. The van der Waals surface area contributed by atoms with Crippen LogP contribution in [0.2, 0.25) is 0 Å². The van der Waals surface area contributed by atoms with Crippen molar-refractivity contribution in [3.05, 3.63) is 29.6 Å². The van der Waals surface area contributed by atoms with E-state index in [-0.39, 0.29) is 17.0 Å². The molecule has 0 radical (unpaired) electrons. The van der Waals surface area contributed by atoms with Crippen LogP contribution in [0.3, 0.4) is 0 Å². The van der Waals surface area contributed by atoms with Gasteiger partial charge < -0.3 is 22.3 Å². The molecule has 1 aliphatic rings. The van der Waals surface area contributed by atoms with Crippen LogP contribution in [-0.4, -0.2) is 0 Å². The van der Waals surface area contributed by atoms with Gasteiger partial charge in [-0.15, -0.1) is 0 Å². The number of fused-ring (bicyclic) bond motifs is 1.